The quantitative estimate of drug-likeness (QED) is 0.698. The van der Waals surface area contributed by atoms with Crippen LogP contribution in [0, 0.1) is 6.92 Å². The molecule has 1 aromatic carbocycles. The molecule has 5 heteroatoms. The largest absolute Gasteiger partial charge is 0.469 e. The van der Waals surface area contributed by atoms with Crippen LogP contribution in [-0.2, 0) is 0 Å². The Morgan fingerprint density at radius 3 is 2.56 bits per heavy atom. The lowest BCUT2D eigenvalue weighted by Gasteiger charge is -1.94. The summed E-state index contributed by atoms with van der Waals surface area (Å²) in [5, 5.41) is 3.93. The average Bonchev–Trinajstić information content (AvgIpc) is 2.98. The predicted molar refractivity (Wildman–Crippen MR) is 66.6 cm³/mol. The SMILES string of the molecule is Cc1cc(-c2nc(-c3ccc(N)cc3)no2)co1. The molecule has 3 rings (SSSR count). The van der Waals surface area contributed by atoms with Gasteiger partial charge in [-0.15, -0.1) is 0 Å². The summed E-state index contributed by atoms with van der Waals surface area (Å²) in [4.78, 5) is 4.32. The molecule has 0 bridgehead atoms. The van der Waals surface area contributed by atoms with Gasteiger partial charge in [-0.3, -0.25) is 0 Å². The molecule has 0 spiro atoms. The maximum absolute atomic E-state index is 5.63. The second kappa shape index (κ2) is 4.03. The molecule has 0 aliphatic heterocycles. The number of nitrogen functional groups attached to an aromatic ring is 1. The molecule has 0 aliphatic carbocycles. The Morgan fingerprint density at radius 2 is 1.89 bits per heavy atom. The van der Waals surface area contributed by atoms with Crippen LogP contribution in [0.5, 0.6) is 0 Å². The maximum Gasteiger partial charge on any atom is 0.261 e. The normalized spacial score (nSPS) is 10.7. The molecule has 0 unspecified atom stereocenters. The van der Waals surface area contributed by atoms with E-state index in [-0.39, 0.29) is 0 Å². The highest BCUT2D eigenvalue weighted by molar-refractivity contribution is 5.61. The third kappa shape index (κ3) is 1.86. The van der Waals surface area contributed by atoms with Crippen LogP contribution in [0.15, 0.2) is 45.5 Å². The number of hydrogen-bond acceptors (Lipinski definition) is 5. The minimum absolute atomic E-state index is 0.443. The van der Waals surface area contributed by atoms with Crippen molar-refractivity contribution in [3.8, 4) is 22.8 Å². The summed E-state index contributed by atoms with van der Waals surface area (Å²) in [6.45, 7) is 1.86. The summed E-state index contributed by atoms with van der Waals surface area (Å²) in [5.74, 6) is 1.78. The van der Waals surface area contributed by atoms with Gasteiger partial charge in [0.15, 0.2) is 0 Å². The Labute approximate surface area is 103 Å². The fraction of sp³-hybridized carbons (Fsp3) is 0.0769. The van der Waals surface area contributed by atoms with Crippen LogP contribution in [0.1, 0.15) is 5.76 Å². The summed E-state index contributed by atoms with van der Waals surface area (Å²) < 4.78 is 10.4. The predicted octanol–water partition coefficient (Wildman–Crippen LogP) is 2.89. The standard InChI is InChI=1S/C13H11N3O2/c1-8-6-10(7-17-8)13-15-12(16-18-13)9-2-4-11(14)5-3-9/h2-7H,14H2,1H3. The Balaban J connectivity index is 1.96. The van der Waals surface area contributed by atoms with E-state index >= 15 is 0 Å². The van der Waals surface area contributed by atoms with Gasteiger partial charge < -0.3 is 14.7 Å². The first kappa shape index (κ1) is 10.6. The number of benzene rings is 1. The second-order valence-electron chi connectivity index (χ2n) is 3.99. The van der Waals surface area contributed by atoms with E-state index in [2.05, 4.69) is 10.1 Å². The molecule has 90 valence electrons. The van der Waals surface area contributed by atoms with Crippen molar-refractivity contribution in [3.63, 3.8) is 0 Å². The summed E-state index contributed by atoms with van der Waals surface area (Å²) in [6, 6.07) is 9.15. The Morgan fingerprint density at radius 1 is 1.11 bits per heavy atom. The number of nitrogens with zero attached hydrogens (tertiary/aromatic N) is 2. The van der Waals surface area contributed by atoms with Gasteiger partial charge in [0, 0.05) is 11.3 Å². The van der Waals surface area contributed by atoms with E-state index in [4.69, 9.17) is 14.7 Å². The van der Waals surface area contributed by atoms with Crippen molar-refractivity contribution in [3.05, 3.63) is 42.4 Å². The summed E-state index contributed by atoms with van der Waals surface area (Å²) >= 11 is 0. The van der Waals surface area contributed by atoms with Crippen molar-refractivity contribution < 1.29 is 8.94 Å². The molecule has 2 N–H and O–H groups in total. The number of nitrogens with two attached hydrogens (primary N) is 1. The first-order chi connectivity index (χ1) is 8.72. The first-order valence-corrected chi connectivity index (χ1v) is 5.47. The Hall–Kier alpha value is -2.56. The fourth-order valence-corrected chi connectivity index (χ4v) is 1.65. The van der Waals surface area contributed by atoms with E-state index in [9.17, 15) is 0 Å². The van der Waals surface area contributed by atoms with E-state index in [1.54, 1.807) is 18.4 Å². The number of aromatic nitrogens is 2. The molecule has 0 amide bonds. The van der Waals surface area contributed by atoms with Gasteiger partial charge in [-0.25, -0.2) is 0 Å². The summed E-state index contributed by atoms with van der Waals surface area (Å²) in [7, 11) is 0. The maximum atomic E-state index is 5.63. The summed E-state index contributed by atoms with van der Waals surface area (Å²) in [5.41, 5.74) is 7.97. The number of aryl methyl sites for hydroxylation is 1. The second-order valence-corrected chi connectivity index (χ2v) is 3.99. The summed E-state index contributed by atoms with van der Waals surface area (Å²) in [6.07, 6.45) is 1.59. The van der Waals surface area contributed by atoms with Gasteiger partial charge in [0.25, 0.3) is 5.89 Å². The van der Waals surface area contributed by atoms with Crippen LogP contribution in [0.4, 0.5) is 5.69 Å². The van der Waals surface area contributed by atoms with Crippen molar-refractivity contribution in [2.75, 3.05) is 5.73 Å². The van der Waals surface area contributed by atoms with Crippen LogP contribution in [-0.4, -0.2) is 10.1 Å². The molecule has 0 saturated heterocycles. The Kier molecular flexibility index (Phi) is 2.37. The van der Waals surface area contributed by atoms with E-state index in [0.29, 0.717) is 17.4 Å². The zero-order chi connectivity index (χ0) is 12.5. The van der Waals surface area contributed by atoms with Gasteiger partial charge in [0.1, 0.15) is 12.0 Å². The van der Waals surface area contributed by atoms with Crippen LogP contribution >= 0.6 is 0 Å². The molecule has 0 aliphatic rings. The molecule has 0 atom stereocenters. The minimum atomic E-state index is 0.443. The van der Waals surface area contributed by atoms with Crippen molar-refractivity contribution in [2.24, 2.45) is 0 Å². The van der Waals surface area contributed by atoms with Crippen molar-refractivity contribution in [2.45, 2.75) is 6.92 Å². The molecular formula is C13H11N3O2. The van der Waals surface area contributed by atoms with E-state index in [1.807, 2.05) is 25.1 Å². The first-order valence-electron chi connectivity index (χ1n) is 5.47. The highest BCUT2D eigenvalue weighted by Crippen LogP contribution is 2.24. The third-order valence-electron chi connectivity index (χ3n) is 2.57. The van der Waals surface area contributed by atoms with E-state index in [1.165, 1.54) is 0 Å². The molecule has 2 aromatic heterocycles. The third-order valence-corrected chi connectivity index (χ3v) is 2.57. The zero-order valence-corrected chi connectivity index (χ0v) is 9.75. The van der Waals surface area contributed by atoms with Gasteiger partial charge in [0.05, 0.1) is 5.56 Å². The van der Waals surface area contributed by atoms with Gasteiger partial charge in [0.2, 0.25) is 5.82 Å². The number of anilines is 1. The number of rotatable bonds is 2. The number of furan rings is 1. The topological polar surface area (TPSA) is 78.1 Å². The fourth-order valence-electron chi connectivity index (χ4n) is 1.65. The molecular weight excluding hydrogens is 230 g/mol. The lowest BCUT2D eigenvalue weighted by atomic mass is 10.2. The van der Waals surface area contributed by atoms with Crippen LogP contribution < -0.4 is 5.73 Å². The van der Waals surface area contributed by atoms with Crippen LogP contribution in [0.25, 0.3) is 22.8 Å². The van der Waals surface area contributed by atoms with Crippen LogP contribution in [0.3, 0.4) is 0 Å². The minimum Gasteiger partial charge on any atom is -0.469 e. The molecule has 2 heterocycles. The van der Waals surface area contributed by atoms with Gasteiger partial charge in [-0.1, -0.05) is 5.16 Å². The number of hydrogen-bond donors (Lipinski definition) is 1. The smallest absolute Gasteiger partial charge is 0.261 e. The highest BCUT2D eigenvalue weighted by Gasteiger charge is 2.12. The lowest BCUT2D eigenvalue weighted by molar-refractivity contribution is 0.431. The average molecular weight is 241 g/mol. The molecule has 0 fully saturated rings. The zero-order valence-electron chi connectivity index (χ0n) is 9.75. The molecule has 0 saturated carbocycles. The molecule has 18 heavy (non-hydrogen) atoms. The molecule has 3 aromatic rings. The highest BCUT2D eigenvalue weighted by atomic mass is 16.5. The van der Waals surface area contributed by atoms with Gasteiger partial charge >= 0.3 is 0 Å². The van der Waals surface area contributed by atoms with Crippen LogP contribution in [0.2, 0.25) is 0 Å². The monoisotopic (exact) mass is 241 g/mol. The Bertz CT molecular complexity index is 668. The molecule has 0 radical (unpaired) electrons. The lowest BCUT2D eigenvalue weighted by Crippen LogP contribution is -1.85. The van der Waals surface area contributed by atoms with Crippen molar-refractivity contribution >= 4 is 5.69 Å². The van der Waals surface area contributed by atoms with E-state index < -0.39 is 0 Å². The van der Waals surface area contributed by atoms with Crippen molar-refractivity contribution in [1.29, 1.82) is 0 Å². The van der Waals surface area contributed by atoms with E-state index in [0.717, 1.165) is 16.9 Å². The molecule has 5 nitrogen and oxygen atoms in total. The van der Waals surface area contributed by atoms with Gasteiger partial charge in [-0.05, 0) is 37.3 Å². The van der Waals surface area contributed by atoms with Gasteiger partial charge in [-0.2, -0.15) is 4.98 Å². The van der Waals surface area contributed by atoms with Crippen molar-refractivity contribution in [1.82, 2.24) is 10.1 Å².